The van der Waals surface area contributed by atoms with Crippen molar-refractivity contribution in [2.24, 2.45) is 0 Å². The van der Waals surface area contributed by atoms with Gasteiger partial charge < -0.3 is 19.3 Å². The molecule has 1 amide bonds. The quantitative estimate of drug-likeness (QED) is 0.691. The Morgan fingerprint density at radius 2 is 2.00 bits per heavy atom. The third-order valence-corrected chi connectivity index (χ3v) is 4.70. The van der Waals surface area contributed by atoms with E-state index in [1.54, 1.807) is 12.1 Å². The van der Waals surface area contributed by atoms with Crippen molar-refractivity contribution in [3.63, 3.8) is 0 Å². The second-order valence-corrected chi connectivity index (χ2v) is 7.08. The van der Waals surface area contributed by atoms with E-state index in [-0.39, 0.29) is 5.57 Å². The van der Waals surface area contributed by atoms with Crippen molar-refractivity contribution in [3.8, 4) is 0 Å². The minimum Gasteiger partial charge on any atom is -0.503 e. The van der Waals surface area contributed by atoms with E-state index in [0.717, 1.165) is 6.54 Å². The van der Waals surface area contributed by atoms with Crippen molar-refractivity contribution >= 4 is 17.8 Å². The number of furan rings is 1. The number of benzene rings is 1. The van der Waals surface area contributed by atoms with Gasteiger partial charge in [-0.05, 0) is 69.0 Å². The molecule has 6 nitrogen and oxygen atoms in total. The van der Waals surface area contributed by atoms with Crippen LogP contribution in [0.5, 0.6) is 0 Å². The highest BCUT2D eigenvalue weighted by molar-refractivity contribution is 6.14. The maximum absolute atomic E-state index is 13.4. The highest BCUT2D eigenvalue weighted by Crippen LogP contribution is 2.38. The van der Waals surface area contributed by atoms with Crippen LogP contribution in [0, 0.1) is 5.82 Å². The first-order valence-electron chi connectivity index (χ1n) is 9.28. The topological polar surface area (TPSA) is 74.0 Å². The van der Waals surface area contributed by atoms with E-state index in [4.69, 9.17) is 4.42 Å². The zero-order chi connectivity index (χ0) is 21.0. The minimum absolute atomic E-state index is 0.0192. The number of allylic oxidation sites excluding steroid dienone is 1. The maximum atomic E-state index is 13.4. The Hall–Kier alpha value is -3.19. The summed E-state index contributed by atoms with van der Waals surface area (Å²) in [4.78, 5) is 29.0. The first-order valence-corrected chi connectivity index (χ1v) is 9.28. The molecule has 7 heteroatoms. The summed E-state index contributed by atoms with van der Waals surface area (Å²) in [7, 11) is 3.85. The van der Waals surface area contributed by atoms with Gasteiger partial charge in [0.2, 0.25) is 0 Å². The summed E-state index contributed by atoms with van der Waals surface area (Å²) < 4.78 is 18.6. The van der Waals surface area contributed by atoms with Crippen LogP contribution in [0.2, 0.25) is 0 Å². The van der Waals surface area contributed by atoms with Crippen molar-refractivity contribution in [2.45, 2.75) is 12.5 Å². The Morgan fingerprint density at radius 1 is 1.28 bits per heavy atom. The van der Waals surface area contributed by atoms with Gasteiger partial charge in [0.25, 0.3) is 5.91 Å². The summed E-state index contributed by atoms with van der Waals surface area (Å²) in [6.07, 6.45) is 4.88. The van der Waals surface area contributed by atoms with Crippen LogP contribution in [0.25, 0.3) is 6.08 Å². The fourth-order valence-corrected chi connectivity index (χ4v) is 3.32. The Balaban J connectivity index is 1.93. The molecule has 1 atom stereocenters. The third-order valence-electron chi connectivity index (χ3n) is 4.70. The molecule has 0 aliphatic carbocycles. The van der Waals surface area contributed by atoms with Gasteiger partial charge in [0.1, 0.15) is 11.6 Å². The summed E-state index contributed by atoms with van der Waals surface area (Å²) in [5, 5.41) is 10.5. The summed E-state index contributed by atoms with van der Waals surface area (Å²) in [5.74, 6) is -1.62. The van der Waals surface area contributed by atoms with E-state index in [0.29, 0.717) is 24.3 Å². The lowest BCUT2D eigenvalue weighted by Crippen LogP contribution is -2.33. The number of amides is 1. The van der Waals surface area contributed by atoms with Crippen molar-refractivity contribution < 1.29 is 23.5 Å². The molecule has 1 aromatic carbocycles. The van der Waals surface area contributed by atoms with Crippen LogP contribution < -0.4 is 0 Å². The lowest BCUT2D eigenvalue weighted by molar-refractivity contribution is -0.129. The van der Waals surface area contributed by atoms with Gasteiger partial charge >= 0.3 is 0 Å². The summed E-state index contributed by atoms with van der Waals surface area (Å²) >= 11 is 0. The highest BCUT2D eigenvalue weighted by Gasteiger charge is 2.42. The number of nitrogens with zero attached hydrogens (tertiary/aromatic N) is 2. The molecule has 29 heavy (non-hydrogen) atoms. The number of carbonyl (C=O) groups is 2. The lowest BCUT2D eigenvalue weighted by atomic mass is 9.95. The molecule has 1 aliphatic heterocycles. The molecule has 1 unspecified atom stereocenters. The molecule has 0 bridgehead atoms. The second-order valence-electron chi connectivity index (χ2n) is 7.08. The number of hydrogen-bond acceptors (Lipinski definition) is 5. The summed E-state index contributed by atoms with van der Waals surface area (Å²) in [5.41, 5.74) is 0.540. The van der Waals surface area contributed by atoms with Crippen LogP contribution in [0.4, 0.5) is 4.39 Å². The minimum atomic E-state index is -0.779. The normalized spacial score (nSPS) is 17.2. The molecular weight excluding hydrogens is 375 g/mol. The van der Waals surface area contributed by atoms with Gasteiger partial charge in [-0.1, -0.05) is 12.1 Å². The van der Waals surface area contributed by atoms with Gasteiger partial charge in [0.05, 0.1) is 17.9 Å². The Labute approximate surface area is 168 Å². The fraction of sp³-hybridized carbons (Fsp3) is 0.273. The lowest BCUT2D eigenvalue weighted by Gasteiger charge is -2.27. The first-order chi connectivity index (χ1) is 13.9. The number of halogens is 1. The van der Waals surface area contributed by atoms with Crippen molar-refractivity contribution in [2.75, 3.05) is 27.2 Å². The SMILES string of the molecule is CN(C)CCCN1C(=O)C(O)=C(C(=O)C=Cc2ccco2)C1c1ccc(F)cc1. The molecule has 1 N–H and O–H groups in total. The van der Waals surface area contributed by atoms with Crippen molar-refractivity contribution in [1.82, 2.24) is 9.80 Å². The zero-order valence-corrected chi connectivity index (χ0v) is 16.3. The Morgan fingerprint density at radius 3 is 2.62 bits per heavy atom. The van der Waals surface area contributed by atoms with Gasteiger partial charge in [-0.25, -0.2) is 4.39 Å². The second kappa shape index (κ2) is 8.87. The number of aliphatic hydroxyl groups excluding tert-OH is 1. The Kier molecular flexibility index (Phi) is 6.29. The molecule has 1 aliphatic rings. The van der Waals surface area contributed by atoms with E-state index in [1.807, 2.05) is 19.0 Å². The largest absolute Gasteiger partial charge is 0.503 e. The van der Waals surface area contributed by atoms with Crippen LogP contribution in [0.15, 0.2) is 64.5 Å². The highest BCUT2D eigenvalue weighted by atomic mass is 19.1. The Bertz CT molecular complexity index is 930. The predicted molar refractivity (Wildman–Crippen MR) is 106 cm³/mol. The van der Waals surface area contributed by atoms with Crippen molar-refractivity contribution in [1.29, 1.82) is 0 Å². The van der Waals surface area contributed by atoms with E-state index in [1.165, 1.54) is 47.6 Å². The standard InChI is InChI=1S/C22H23FN2O4/c1-24(2)12-4-13-25-20(15-6-8-16(23)9-7-15)19(21(27)22(25)28)18(26)11-10-17-5-3-14-29-17/h3,5-11,14,20,27H,4,12-13H2,1-2H3. The average Bonchev–Trinajstić information content (AvgIpc) is 3.29. The van der Waals surface area contributed by atoms with Gasteiger partial charge in [0, 0.05) is 6.54 Å². The molecule has 1 aromatic heterocycles. The number of hydrogen-bond donors (Lipinski definition) is 1. The summed E-state index contributed by atoms with van der Waals surface area (Å²) in [6, 6.07) is 8.18. The zero-order valence-electron chi connectivity index (χ0n) is 16.3. The molecular formula is C22H23FN2O4. The van der Waals surface area contributed by atoms with Gasteiger partial charge in [0.15, 0.2) is 11.5 Å². The van der Waals surface area contributed by atoms with Crippen LogP contribution in [0.3, 0.4) is 0 Å². The molecule has 0 radical (unpaired) electrons. The summed E-state index contributed by atoms with van der Waals surface area (Å²) in [6.45, 7) is 1.09. The first kappa shape index (κ1) is 20.5. The van der Waals surface area contributed by atoms with Crippen LogP contribution in [-0.4, -0.2) is 53.8 Å². The van der Waals surface area contributed by atoms with Crippen molar-refractivity contribution in [3.05, 3.63) is 77.2 Å². The van der Waals surface area contributed by atoms with Gasteiger partial charge in [-0.2, -0.15) is 0 Å². The molecule has 2 heterocycles. The van der Waals surface area contributed by atoms with Crippen LogP contribution in [0.1, 0.15) is 23.8 Å². The van der Waals surface area contributed by atoms with E-state index >= 15 is 0 Å². The van der Waals surface area contributed by atoms with E-state index in [9.17, 15) is 19.1 Å². The predicted octanol–water partition coefficient (Wildman–Crippen LogP) is 3.35. The van der Waals surface area contributed by atoms with Crippen LogP contribution >= 0.6 is 0 Å². The average molecular weight is 398 g/mol. The fourth-order valence-electron chi connectivity index (χ4n) is 3.32. The monoisotopic (exact) mass is 398 g/mol. The smallest absolute Gasteiger partial charge is 0.290 e. The molecule has 3 rings (SSSR count). The van der Waals surface area contributed by atoms with E-state index < -0.39 is 29.3 Å². The maximum Gasteiger partial charge on any atom is 0.290 e. The molecule has 152 valence electrons. The molecule has 2 aromatic rings. The third kappa shape index (κ3) is 4.63. The molecule has 0 fully saturated rings. The number of carbonyl (C=O) groups excluding carboxylic acids is 2. The number of ketones is 1. The molecule has 0 saturated heterocycles. The molecule has 0 spiro atoms. The molecule has 0 saturated carbocycles. The van der Waals surface area contributed by atoms with Gasteiger partial charge in [-0.15, -0.1) is 0 Å². The van der Waals surface area contributed by atoms with Crippen LogP contribution in [-0.2, 0) is 9.59 Å². The van der Waals surface area contributed by atoms with E-state index in [2.05, 4.69) is 0 Å². The number of rotatable bonds is 8. The number of aliphatic hydroxyl groups is 1. The van der Waals surface area contributed by atoms with Gasteiger partial charge in [-0.3, -0.25) is 9.59 Å².